The van der Waals surface area contributed by atoms with E-state index in [-0.39, 0.29) is 0 Å². The molecule has 0 aromatic carbocycles. The van der Waals surface area contributed by atoms with Gasteiger partial charge in [0.1, 0.15) is 9.85 Å². The average Bonchev–Trinajstić information content (AvgIpc) is 2.47. The number of aliphatic carboxylic acids is 1. The third-order valence-electron chi connectivity index (χ3n) is 1.36. The van der Waals surface area contributed by atoms with Gasteiger partial charge in [-0.2, -0.15) is 0 Å². The third-order valence-corrected chi connectivity index (χ3v) is 1.36. The molecule has 1 aliphatic heterocycles. The van der Waals surface area contributed by atoms with Crippen molar-refractivity contribution in [2.75, 3.05) is 0 Å². The molecule has 0 aliphatic carbocycles. The summed E-state index contributed by atoms with van der Waals surface area (Å²) in [7, 11) is 0. The number of carboxylic acids is 1. The number of carbonyl (C=O) groups is 1. The summed E-state index contributed by atoms with van der Waals surface area (Å²) in [5.41, 5.74) is -1.34. The standard InChI is InChI=1S/C3HN5O6/c9-2(10)1-3(7(11)12,8(13)14)5-6-4-1/h(H,9,10). The van der Waals surface area contributed by atoms with Crippen LogP contribution in [0.15, 0.2) is 15.4 Å². The predicted octanol–water partition coefficient (Wildman–Crippen LogP) is -0.900. The lowest BCUT2D eigenvalue weighted by Crippen LogP contribution is -2.52. The largest absolute Gasteiger partial charge is 0.632 e. The molecule has 0 atom stereocenters. The molecule has 0 radical (unpaired) electrons. The van der Waals surface area contributed by atoms with Crippen LogP contribution in [-0.2, 0) is 4.79 Å². The lowest BCUT2D eigenvalue weighted by Gasteiger charge is -2.04. The maximum absolute atomic E-state index is 10.4. The fraction of sp³-hybridized carbons (Fsp3) is 0.333. The van der Waals surface area contributed by atoms with Crippen molar-refractivity contribution < 1.29 is 19.7 Å². The zero-order chi connectivity index (χ0) is 10.9. The zero-order valence-corrected chi connectivity index (χ0v) is 6.22. The fourth-order valence-electron chi connectivity index (χ4n) is 0.743. The molecule has 0 spiro atoms. The van der Waals surface area contributed by atoms with Gasteiger partial charge in [0.25, 0.3) is 0 Å². The summed E-state index contributed by atoms with van der Waals surface area (Å²) in [6.45, 7) is 0. The topological polar surface area (TPSA) is 161 Å². The molecule has 0 unspecified atom stereocenters. The van der Waals surface area contributed by atoms with Crippen LogP contribution < -0.4 is 0 Å². The summed E-state index contributed by atoms with van der Waals surface area (Å²) < 4.78 is 0. The highest BCUT2D eigenvalue weighted by molar-refractivity contribution is 6.38. The molecule has 0 fully saturated rings. The Balaban J connectivity index is 3.32. The molecular weight excluding hydrogens is 202 g/mol. The molecule has 0 bridgehead atoms. The van der Waals surface area contributed by atoms with Crippen molar-refractivity contribution in [1.82, 2.24) is 0 Å². The molecule has 0 saturated heterocycles. The van der Waals surface area contributed by atoms with E-state index < -0.39 is 27.3 Å². The summed E-state index contributed by atoms with van der Waals surface area (Å²) in [5.74, 6) is -5.23. The summed E-state index contributed by atoms with van der Waals surface area (Å²) in [6.07, 6.45) is 0. The maximum Gasteiger partial charge on any atom is 0.632 e. The lowest BCUT2D eigenvalue weighted by atomic mass is 10.2. The number of hydrogen-bond acceptors (Lipinski definition) is 8. The lowest BCUT2D eigenvalue weighted by molar-refractivity contribution is -0.770. The highest BCUT2D eigenvalue weighted by Gasteiger charge is 2.69. The molecule has 11 heteroatoms. The van der Waals surface area contributed by atoms with Crippen molar-refractivity contribution in [3.63, 3.8) is 0 Å². The van der Waals surface area contributed by atoms with Gasteiger partial charge < -0.3 is 5.11 Å². The van der Waals surface area contributed by atoms with E-state index in [0.717, 1.165) is 0 Å². The zero-order valence-electron chi connectivity index (χ0n) is 6.22. The van der Waals surface area contributed by atoms with Crippen LogP contribution in [-0.4, -0.2) is 32.4 Å². The number of nitrogens with zero attached hydrogens (tertiary/aromatic N) is 5. The van der Waals surface area contributed by atoms with Gasteiger partial charge >= 0.3 is 17.5 Å². The number of carboxylic acid groups (broad SMARTS) is 1. The van der Waals surface area contributed by atoms with Crippen LogP contribution >= 0.6 is 0 Å². The Morgan fingerprint density at radius 2 is 1.86 bits per heavy atom. The SMILES string of the molecule is O=C(O)C1=NN=NC1([N+](=O)[O-])[N+](=O)[O-]. The monoisotopic (exact) mass is 203 g/mol. The van der Waals surface area contributed by atoms with E-state index in [9.17, 15) is 25.0 Å². The van der Waals surface area contributed by atoms with Gasteiger partial charge in [-0.3, -0.25) is 20.2 Å². The molecule has 1 aliphatic rings. The van der Waals surface area contributed by atoms with Gasteiger partial charge in [0, 0.05) is 0 Å². The van der Waals surface area contributed by atoms with E-state index in [0.29, 0.717) is 0 Å². The van der Waals surface area contributed by atoms with Crippen LogP contribution in [0.3, 0.4) is 0 Å². The van der Waals surface area contributed by atoms with Crippen LogP contribution in [0, 0.1) is 20.2 Å². The summed E-state index contributed by atoms with van der Waals surface area (Å²) in [4.78, 5) is 28.1. The average molecular weight is 203 g/mol. The van der Waals surface area contributed by atoms with Gasteiger partial charge in [-0.25, -0.2) is 4.79 Å². The van der Waals surface area contributed by atoms with Crippen molar-refractivity contribution in [3.05, 3.63) is 20.2 Å². The van der Waals surface area contributed by atoms with Gasteiger partial charge in [0.2, 0.25) is 0 Å². The first-order valence-corrected chi connectivity index (χ1v) is 2.95. The first-order valence-electron chi connectivity index (χ1n) is 2.95. The Bertz CT molecular complexity index is 369. The minimum Gasteiger partial charge on any atom is -0.476 e. The van der Waals surface area contributed by atoms with E-state index in [1.54, 1.807) is 0 Å². The molecule has 0 amide bonds. The molecule has 0 aromatic rings. The normalized spacial score (nSPS) is 17.6. The molecule has 1 N–H and O–H groups in total. The van der Waals surface area contributed by atoms with Crippen molar-refractivity contribution in [2.24, 2.45) is 15.4 Å². The van der Waals surface area contributed by atoms with E-state index in [2.05, 4.69) is 15.4 Å². The Hall–Kier alpha value is -2.46. The maximum atomic E-state index is 10.4. The highest BCUT2D eigenvalue weighted by atomic mass is 16.7. The van der Waals surface area contributed by atoms with Gasteiger partial charge in [-0.05, 0) is 10.3 Å². The molecular formula is C3HN5O6. The van der Waals surface area contributed by atoms with Gasteiger partial charge in [0.05, 0.1) is 0 Å². The first kappa shape index (κ1) is 9.63. The van der Waals surface area contributed by atoms with Crippen LogP contribution in [0.25, 0.3) is 0 Å². The van der Waals surface area contributed by atoms with Gasteiger partial charge in [-0.1, -0.05) is 0 Å². The van der Waals surface area contributed by atoms with Gasteiger partial charge in [-0.15, -0.1) is 5.10 Å². The predicted molar refractivity (Wildman–Crippen MR) is 36.6 cm³/mol. The van der Waals surface area contributed by atoms with Crippen LogP contribution in [0.5, 0.6) is 0 Å². The quantitative estimate of drug-likeness (QED) is 0.355. The Morgan fingerprint density at radius 3 is 2.14 bits per heavy atom. The highest BCUT2D eigenvalue weighted by Crippen LogP contribution is 2.21. The molecule has 1 heterocycles. The minimum atomic E-state index is -3.31. The second-order valence-electron chi connectivity index (χ2n) is 2.09. The van der Waals surface area contributed by atoms with E-state index in [4.69, 9.17) is 5.11 Å². The second kappa shape index (κ2) is 2.79. The van der Waals surface area contributed by atoms with Crippen LogP contribution in [0.4, 0.5) is 0 Å². The summed E-state index contributed by atoms with van der Waals surface area (Å²) in [6, 6.07) is 0. The Labute approximate surface area is 74.0 Å². The van der Waals surface area contributed by atoms with E-state index in [1.807, 2.05) is 0 Å². The fourth-order valence-corrected chi connectivity index (χ4v) is 0.743. The second-order valence-corrected chi connectivity index (χ2v) is 2.09. The van der Waals surface area contributed by atoms with Gasteiger partial charge in [0.15, 0.2) is 0 Å². The molecule has 74 valence electrons. The van der Waals surface area contributed by atoms with Crippen LogP contribution in [0.1, 0.15) is 0 Å². The van der Waals surface area contributed by atoms with E-state index in [1.165, 1.54) is 0 Å². The molecule has 14 heavy (non-hydrogen) atoms. The smallest absolute Gasteiger partial charge is 0.476 e. The third kappa shape index (κ3) is 0.988. The number of rotatable bonds is 3. The minimum absolute atomic E-state index is 1.34. The number of nitro groups is 2. The van der Waals surface area contributed by atoms with Crippen molar-refractivity contribution in [3.8, 4) is 0 Å². The first-order chi connectivity index (χ1) is 6.43. The molecule has 11 nitrogen and oxygen atoms in total. The van der Waals surface area contributed by atoms with Crippen molar-refractivity contribution >= 4 is 11.7 Å². The summed E-state index contributed by atoms with van der Waals surface area (Å²) >= 11 is 0. The Morgan fingerprint density at radius 1 is 1.36 bits per heavy atom. The molecule has 1 rings (SSSR count). The molecule has 0 saturated carbocycles. The van der Waals surface area contributed by atoms with Crippen molar-refractivity contribution in [1.29, 1.82) is 0 Å². The van der Waals surface area contributed by atoms with Crippen molar-refractivity contribution in [2.45, 2.75) is 5.79 Å². The van der Waals surface area contributed by atoms with Crippen LogP contribution in [0.2, 0.25) is 0 Å². The van der Waals surface area contributed by atoms with E-state index >= 15 is 0 Å². The number of hydrogen-bond donors (Lipinski definition) is 1. The molecule has 0 aromatic heterocycles. The summed E-state index contributed by atoms with van der Waals surface area (Å²) in [5, 5.41) is 37.0. The Kier molecular flexibility index (Phi) is 1.92.